The van der Waals surface area contributed by atoms with Crippen LogP contribution >= 0.6 is 0 Å². The molecule has 0 saturated carbocycles. The van der Waals surface area contributed by atoms with Crippen LogP contribution in [0, 0.1) is 0 Å². The molecule has 7 heteroatoms. The fraction of sp³-hybridized carbons (Fsp3) is 0.611. The minimum absolute atomic E-state index is 0.0353. The molecule has 25 heavy (non-hydrogen) atoms. The van der Waals surface area contributed by atoms with Crippen LogP contribution in [-0.2, 0) is 9.16 Å². The molecular formula is C18H28O6Si. The Kier molecular flexibility index (Phi) is 5.51. The molecule has 0 saturated heterocycles. The van der Waals surface area contributed by atoms with Crippen molar-refractivity contribution in [2.45, 2.75) is 51.1 Å². The van der Waals surface area contributed by atoms with Crippen molar-refractivity contribution in [3.63, 3.8) is 0 Å². The third-order valence-corrected chi connectivity index (χ3v) is 9.59. The second kappa shape index (κ2) is 6.97. The summed E-state index contributed by atoms with van der Waals surface area (Å²) in [6.07, 6.45) is -1.72. The average molecular weight is 369 g/mol. The van der Waals surface area contributed by atoms with Gasteiger partial charge in [-0.2, -0.15) is 0 Å². The number of benzene rings is 1. The number of hydrogen-bond donors (Lipinski definition) is 1. The number of aliphatic hydroxyl groups is 1. The zero-order valence-corrected chi connectivity index (χ0v) is 17.0. The van der Waals surface area contributed by atoms with E-state index < -0.39 is 26.5 Å². The van der Waals surface area contributed by atoms with Crippen molar-refractivity contribution < 1.29 is 28.5 Å². The lowest BCUT2D eigenvalue weighted by atomic mass is 10.0. The van der Waals surface area contributed by atoms with Crippen LogP contribution in [0.1, 0.15) is 42.8 Å². The first-order valence-electron chi connectivity index (χ1n) is 8.30. The Morgan fingerprint density at radius 3 is 2.28 bits per heavy atom. The molecule has 1 aromatic rings. The Morgan fingerprint density at radius 2 is 1.76 bits per heavy atom. The molecule has 0 radical (unpaired) electrons. The normalized spacial score (nSPS) is 18.6. The van der Waals surface area contributed by atoms with Gasteiger partial charge in [-0.1, -0.05) is 20.8 Å². The van der Waals surface area contributed by atoms with Gasteiger partial charge in [0, 0.05) is 5.56 Å². The largest absolute Gasteiger partial charge is 0.493 e. The smallest absolute Gasteiger partial charge is 0.339 e. The van der Waals surface area contributed by atoms with Gasteiger partial charge < -0.3 is 23.7 Å². The maximum atomic E-state index is 12.1. The number of hydrogen-bond acceptors (Lipinski definition) is 6. The van der Waals surface area contributed by atoms with E-state index in [0.717, 1.165) is 0 Å². The van der Waals surface area contributed by atoms with E-state index in [1.165, 1.54) is 14.2 Å². The molecule has 2 atom stereocenters. The van der Waals surface area contributed by atoms with Crippen LogP contribution in [0.5, 0.6) is 11.5 Å². The second-order valence-corrected chi connectivity index (χ2v) is 12.6. The highest BCUT2D eigenvalue weighted by atomic mass is 28.4. The van der Waals surface area contributed by atoms with E-state index >= 15 is 0 Å². The maximum absolute atomic E-state index is 12.1. The molecule has 0 aliphatic carbocycles. The number of esters is 1. The summed E-state index contributed by atoms with van der Waals surface area (Å²) in [5.41, 5.74) is 0.975. The molecular weight excluding hydrogens is 340 g/mol. The van der Waals surface area contributed by atoms with Crippen LogP contribution in [0.2, 0.25) is 18.1 Å². The molecule has 0 aromatic heterocycles. The number of rotatable bonds is 6. The van der Waals surface area contributed by atoms with Crippen LogP contribution in [0.15, 0.2) is 12.1 Å². The molecule has 0 fully saturated rings. The monoisotopic (exact) mass is 368 g/mol. The summed E-state index contributed by atoms with van der Waals surface area (Å²) in [5, 5.41) is 10.6. The third-order valence-electron chi connectivity index (χ3n) is 5.09. The van der Waals surface area contributed by atoms with Gasteiger partial charge in [-0.3, -0.25) is 0 Å². The van der Waals surface area contributed by atoms with Gasteiger partial charge in [-0.05, 0) is 30.3 Å². The summed E-state index contributed by atoms with van der Waals surface area (Å²) in [5.74, 6) is 0.459. The van der Waals surface area contributed by atoms with Crippen LogP contribution in [0.4, 0.5) is 0 Å². The van der Waals surface area contributed by atoms with Crippen molar-refractivity contribution in [2.75, 3.05) is 20.8 Å². The summed E-state index contributed by atoms with van der Waals surface area (Å²) in [4.78, 5) is 12.1. The number of aliphatic hydroxyl groups excluding tert-OH is 1. The number of cyclic esters (lactones) is 1. The summed E-state index contributed by atoms with van der Waals surface area (Å²) in [6, 6.07) is 3.26. The van der Waals surface area contributed by atoms with Crippen molar-refractivity contribution in [1.29, 1.82) is 0 Å². The van der Waals surface area contributed by atoms with Crippen molar-refractivity contribution in [3.8, 4) is 11.5 Å². The number of carbonyl (C=O) groups is 1. The lowest BCUT2D eigenvalue weighted by Crippen LogP contribution is -2.43. The molecule has 1 heterocycles. The summed E-state index contributed by atoms with van der Waals surface area (Å²) in [6.45, 7) is 10.7. The molecule has 0 unspecified atom stereocenters. The Hall–Kier alpha value is -1.57. The second-order valence-electron chi connectivity index (χ2n) is 7.76. The van der Waals surface area contributed by atoms with Crippen LogP contribution < -0.4 is 9.47 Å². The van der Waals surface area contributed by atoms with Gasteiger partial charge in [0.2, 0.25) is 0 Å². The predicted octanol–water partition coefficient (Wildman–Crippen LogP) is 3.30. The van der Waals surface area contributed by atoms with Crippen LogP contribution in [0.25, 0.3) is 0 Å². The molecule has 0 spiro atoms. The average Bonchev–Trinajstić information content (AvgIpc) is 2.86. The fourth-order valence-corrected chi connectivity index (χ4v) is 3.45. The topological polar surface area (TPSA) is 74.2 Å². The number of ether oxygens (including phenoxy) is 3. The Balaban J connectivity index is 2.22. The van der Waals surface area contributed by atoms with Gasteiger partial charge in [0.1, 0.15) is 6.10 Å². The highest BCUT2D eigenvalue weighted by molar-refractivity contribution is 6.74. The lowest BCUT2D eigenvalue weighted by Gasteiger charge is -2.37. The zero-order chi connectivity index (χ0) is 19.0. The minimum atomic E-state index is -2.00. The first kappa shape index (κ1) is 19.7. The Labute approximate surface area is 150 Å². The Morgan fingerprint density at radius 1 is 1.20 bits per heavy atom. The summed E-state index contributed by atoms with van der Waals surface area (Å²) < 4.78 is 21.9. The molecule has 1 aromatic carbocycles. The van der Waals surface area contributed by atoms with E-state index in [0.29, 0.717) is 22.6 Å². The number of fused-ring (bicyclic) bond motifs is 1. The SMILES string of the molecule is COc1cc2c(cc1OC)[C@H]([C@H](O)CO[Si](C)(C)C(C)(C)C)OC2=O. The first-order chi connectivity index (χ1) is 11.5. The summed E-state index contributed by atoms with van der Waals surface area (Å²) in [7, 11) is 1.02. The van der Waals surface area contributed by atoms with E-state index in [-0.39, 0.29) is 11.6 Å². The summed E-state index contributed by atoms with van der Waals surface area (Å²) >= 11 is 0. The van der Waals surface area contributed by atoms with Crippen molar-refractivity contribution in [3.05, 3.63) is 23.3 Å². The molecule has 1 aliphatic rings. The highest BCUT2D eigenvalue weighted by Crippen LogP contribution is 2.41. The van der Waals surface area contributed by atoms with E-state index in [1.54, 1.807) is 12.1 Å². The molecule has 2 rings (SSSR count). The number of methoxy groups -OCH3 is 2. The minimum Gasteiger partial charge on any atom is -0.493 e. The standard InChI is InChI=1S/C18H28O6Si/c1-18(2,3)25(6,7)23-10-13(19)16-11-8-14(21-4)15(22-5)9-12(11)17(20)24-16/h8-9,13,16,19H,10H2,1-7H3/t13-,16-/m1/s1. The quantitative estimate of drug-likeness (QED) is 0.613. The van der Waals surface area contributed by atoms with E-state index in [9.17, 15) is 9.90 Å². The van der Waals surface area contributed by atoms with Crippen molar-refractivity contribution >= 4 is 14.3 Å². The molecule has 1 N–H and O–H groups in total. The van der Waals surface area contributed by atoms with Crippen molar-refractivity contribution in [1.82, 2.24) is 0 Å². The van der Waals surface area contributed by atoms with Gasteiger partial charge in [0.05, 0.1) is 26.4 Å². The fourth-order valence-electron chi connectivity index (χ4n) is 2.43. The molecule has 140 valence electrons. The first-order valence-corrected chi connectivity index (χ1v) is 11.2. The van der Waals surface area contributed by atoms with E-state index in [2.05, 4.69) is 33.9 Å². The maximum Gasteiger partial charge on any atom is 0.339 e. The van der Waals surface area contributed by atoms with Crippen LogP contribution in [0.3, 0.4) is 0 Å². The highest BCUT2D eigenvalue weighted by Gasteiger charge is 2.41. The molecule has 1 aliphatic heterocycles. The van der Waals surface area contributed by atoms with Gasteiger partial charge in [-0.15, -0.1) is 0 Å². The molecule has 0 bridgehead atoms. The Bertz CT molecular complexity index is 650. The molecule has 6 nitrogen and oxygen atoms in total. The third kappa shape index (κ3) is 3.83. The van der Waals surface area contributed by atoms with Gasteiger partial charge >= 0.3 is 5.97 Å². The number of carbonyl (C=O) groups excluding carboxylic acids is 1. The van der Waals surface area contributed by atoms with Gasteiger partial charge in [-0.25, -0.2) is 4.79 Å². The molecule has 0 amide bonds. The van der Waals surface area contributed by atoms with Gasteiger partial charge in [0.25, 0.3) is 0 Å². The zero-order valence-electron chi connectivity index (χ0n) is 16.0. The lowest BCUT2D eigenvalue weighted by molar-refractivity contribution is -0.0273. The van der Waals surface area contributed by atoms with E-state index in [4.69, 9.17) is 18.6 Å². The van der Waals surface area contributed by atoms with Gasteiger partial charge in [0.15, 0.2) is 25.9 Å². The van der Waals surface area contributed by atoms with Crippen LogP contribution in [-0.4, -0.2) is 46.3 Å². The van der Waals surface area contributed by atoms with Crippen molar-refractivity contribution in [2.24, 2.45) is 0 Å². The van der Waals surface area contributed by atoms with E-state index in [1.807, 2.05) is 0 Å². The predicted molar refractivity (Wildman–Crippen MR) is 96.9 cm³/mol.